The number of carbonyl (C=O) groups is 2. The minimum atomic E-state index is -1.09. The molecule has 2 rings (SSSR count). The number of hydrogen-bond acceptors (Lipinski definition) is 2. The quantitative estimate of drug-likeness (QED) is 0.835. The molecule has 4 nitrogen and oxygen atoms in total. The molecule has 0 unspecified atom stereocenters. The second-order valence-electron chi connectivity index (χ2n) is 4.65. The molecule has 0 aromatic heterocycles. The Morgan fingerprint density at radius 2 is 1.73 bits per heavy atom. The van der Waals surface area contributed by atoms with Gasteiger partial charge in [0.15, 0.2) is 0 Å². The fourth-order valence-electron chi connectivity index (χ4n) is 1.89. The van der Waals surface area contributed by atoms with Crippen molar-refractivity contribution in [3.8, 4) is 0 Å². The third kappa shape index (κ3) is 3.74. The van der Waals surface area contributed by atoms with Crippen LogP contribution in [0, 0.1) is 0 Å². The van der Waals surface area contributed by atoms with Crippen molar-refractivity contribution in [2.24, 2.45) is 0 Å². The maximum Gasteiger partial charge on any atom is 0.337 e. The van der Waals surface area contributed by atoms with Crippen LogP contribution in [0.4, 0.5) is 5.69 Å². The van der Waals surface area contributed by atoms with Crippen molar-refractivity contribution in [1.82, 2.24) is 0 Å². The van der Waals surface area contributed by atoms with Crippen LogP contribution < -0.4 is 5.32 Å². The number of aromatic carboxylic acids is 1. The number of rotatable bonds is 4. The second kappa shape index (κ2) is 6.91. The lowest BCUT2D eigenvalue weighted by molar-refractivity contribution is -0.112. The molecule has 2 N–H and O–H groups in total. The van der Waals surface area contributed by atoms with Gasteiger partial charge in [-0.15, -0.1) is 0 Å². The Balaban J connectivity index is 2.23. The largest absolute Gasteiger partial charge is 0.478 e. The highest BCUT2D eigenvalue weighted by molar-refractivity contribution is 6.32. The van der Waals surface area contributed by atoms with Crippen LogP contribution in [0.3, 0.4) is 0 Å². The van der Waals surface area contributed by atoms with E-state index in [0.717, 1.165) is 5.56 Å². The van der Waals surface area contributed by atoms with Crippen molar-refractivity contribution in [3.05, 3.63) is 70.3 Å². The van der Waals surface area contributed by atoms with Gasteiger partial charge in [0.05, 0.1) is 11.3 Å². The molecule has 0 saturated carbocycles. The van der Waals surface area contributed by atoms with Crippen LogP contribution in [-0.2, 0) is 4.79 Å². The molecular formula is C17H14ClNO3. The Bertz CT molecular complexity index is 753. The number of nitrogens with one attached hydrogen (secondary N) is 1. The summed E-state index contributed by atoms with van der Waals surface area (Å²) >= 11 is 6.05. The summed E-state index contributed by atoms with van der Waals surface area (Å²) in [6.07, 6.45) is 1.65. The Labute approximate surface area is 133 Å². The third-order valence-corrected chi connectivity index (χ3v) is 3.39. The normalized spacial score (nSPS) is 11.1. The van der Waals surface area contributed by atoms with Crippen LogP contribution in [-0.4, -0.2) is 17.0 Å². The molecule has 0 atom stereocenters. The minimum Gasteiger partial charge on any atom is -0.478 e. The molecule has 0 saturated heterocycles. The Kier molecular flexibility index (Phi) is 4.96. The topological polar surface area (TPSA) is 66.4 Å². The van der Waals surface area contributed by atoms with Crippen molar-refractivity contribution >= 4 is 35.2 Å². The van der Waals surface area contributed by atoms with E-state index in [1.165, 1.54) is 6.07 Å². The Hall–Kier alpha value is -2.59. The summed E-state index contributed by atoms with van der Waals surface area (Å²) in [7, 11) is 0. The van der Waals surface area contributed by atoms with E-state index in [9.17, 15) is 9.59 Å². The molecule has 0 fully saturated rings. The highest BCUT2D eigenvalue weighted by Gasteiger charge is 2.12. The maximum atomic E-state index is 12.2. The van der Waals surface area contributed by atoms with Gasteiger partial charge < -0.3 is 10.4 Å². The summed E-state index contributed by atoms with van der Waals surface area (Å²) in [5, 5.41) is 12.2. The van der Waals surface area contributed by atoms with E-state index in [1.54, 1.807) is 49.4 Å². The van der Waals surface area contributed by atoms with Gasteiger partial charge in [-0.25, -0.2) is 4.79 Å². The molecule has 112 valence electrons. The number of para-hydroxylation sites is 1. The molecule has 0 radical (unpaired) electrons. The molecule has 5 heteroatoms. The standard InChI is InChI=1S/C17H14ClNO3/c1-11(10-12-6-2-4-8-14(12)18)16(20)19-15-9-5-3-7-13(15)17(21)22/h2-10H,1H3,(H,19,20)(H,21,22)/b11-10+. The zero-order valence-corrected chi connectivity index (χ0v) is 12.6. The number of carboxylic acids is 1. The number of carbonyl (C=O) groups excluding carboxylic acids is 1. The first-order valence-corrected chi connectivity index (χ1v) is 6.93. The highest BCUT2D eigenvalue weighted by atomic mass is 35.5. The smallest absolute Gasteiger partial charge is 0.337 e. The summed E-state index contributed by atoms with van der Waals surface area (Å²) in [6, 6.07) is 13.4. The predicted molar refractivity (Wildman–Crippen MR) is 87.1 cm³/mol. The van der Waals surface area contributed by atoms with Gasteiger partial charge in [-0.2, -0.15) is 0 Å². The molecule has 22 heavy (non-hydrogen) atoms. The lowest BCUT2D eigenvalue weighted by atomic mass is 10.1. The number of amides is 1. The Morgan fingerprint density at radius 1 is 1.09 bits per heavy atom. The number of benzene rings is 2. The van der Waals surface area contributed by atoms with Gasteiger partial charge in [0.2, 0.25) is 0 Å². The zero-order chi connectivity index (χ0) is 16.1. The average Bonchev–Trinajstić information content (AvgIpc) is 2.49. The van der Waals surface area contributed by atoms with Crippen LogP contribution in [0.25, 0.3) is 6.08 Å². The van der Waals surface area contributed by atoms with Crippen LogP contribution >= 0.6 is 11.6 Å². The van der Waals surface area contributed by atoms with Crippen molar-refractivity contribution in [1.29, 1.82) is 0 Å². The van der Waals surface area contributed by atoms with E-state index < -0.39 is 5.97 Å². The number of halogens is 1. The molecule has 0 aliphatic carbocycles. The summed E-state index contributed by atoms with van der Waals surface area (Å²) in [6.45, 7) is 1.64. The molecule has 0 aliphatic rings. The minimum absolute atomic E-state index is 0.0430. The van der Waals surface area contributed by atoms with Crippen LogP contribution in [0.2, 0.25) is 5.02 Å². The van der Waals surface area contributed by atoms with Gasteiger partial charge in [0.1, 0.15) is 0 Å². The maximum absolute atomic E-state index is 12.2. The van der Waals surface area contributed by atoms with Crippen molar-refractivity contribution in [2.75, 3.05) is 5.32 Å². The molecule has 0 bridgehead atoms. The van der Waals surface area contributed by atoms with Crippen LogP contribution in [0.5, 0.6) is 0 Å². The fourth-order valence-corrected chi connectivity index (χ4v) is 2.08. The summed E-state index contributed by atoms with van der Waals surface area (Å²) < 4.78 is 0. The number of anilines is 1. The molecule has 0 spiro atoms. The molecule has 1 amide bonds. The van der Waals surface area contributed by atoms with Gasteiger partial charge in [0.25, 0.3) is 5.91 Å². The Morgan fingerprint density at radius 3 is 2.41 bits per heavy atom. The van der Waals surface area contributed by atoms with E-state index >= 15 is 0 Å². The fraction of sp³-hybridized carbons (Fsp3) is 0.0588. The third-order valence-electron chi connectivity index (χ3n) is 3.04. The highest BCUT2D eigenvalue weighted by Crippen LogP contribution is 2.20. The monoisotopic (exact) mass is 315 g/mol. The predicted octanol–water partition coefficient (Wildman–Crippen LogP) is 4.08. The number of hydrogen-bond donors (Lipinski definition) is 2. The zero-order valence-electron chi connectivity index (χ0n) is 11.8. The molecule has 0 heterocycles. The molecule has 0 aliphatic heterocycles. The summed E-state index contributed by atoms with van der Waals surface area (Å²) in [5.74, 6) is -1.47. The lowest BCUT2D eigenvalue weighted by Gasteiger charge is -2.08. The second-order valence-corrected chi connectivity index (χ2v) is 5.06. The van der Waals surface area contributed by atoms with E-state index in [0.29, 0.717) is 10.6 Å². The lowest BCUT2D eigenvalue weighted by Crippen LogP contribution is -2.15. The van der Waals surface area contributed by atoms with E-state index in [2.05, 4.69) is 5.32 Å². The first kappa shape index (κ1) is 15.8. The molecular weight excluding hydrogens is 302 g/mol. The summed E-state index contributed by atoms with van der Waals surface area (Å²) in [5.41, 5.74) is 1.45. The van der Waals surface area contributed by atoms with E-state index in [-0.39, 0.29) is 17.2 Å². The molecule has 2 aromatic carbocycles. The van der Waals surface area contributed by atoms with Crippen LogP contribution in [0.15, 0.2) is 54.1 Å². The summed E-state index contributed by atoms with van der Waals surface area (Å²) in [4.78, 5) is 23.3. The van der Waals surface area contributed by atoms with E-state index in [4.69, 9.17) is 16.7 Å². The van der Waals surface area contributed by atoms with Crippen molar-refractivity contribution in [3.63, 3.8) is 0 Å². The van der Waals surface area contributed by atoms with Crippen LogP contribution in [0.1, 0.15) is 22.8 Å². The van der Waals surface area contributed by atoms with Crippen molar-refractivity contribution in [2.45, 2.75) is 6.92 Å². The molecule has 2 aromatic rings. The number of carboxylic acid groups (broad SMARTS) is 1. The van der Waals surface area contributed by atoms with Gasteiger partial charge in [0, 0.05) is 10.6 Å². The van der Waals surface area contributed by atoms with E-state index in [1.807, 2.05) is 6.07 Å². The average molecular weight is 316 g/mol. The van der Waals surface area contributed by atoms with Crippen molar-refractivity contribution < 1.29 is 14.7 Å². The SMILES string of the molecule is C/C(=C\c1ccccc1Cl)C(=O)Nc1ccccc1C(=O)O. The van der Waals surface area contributed by atoms with Gasteiger partial charge in [-0.3, -0.25) is 4.79 Å². The van der Waals surface area contributed by atoms with Gasteiger partial charge in [-0.05, 0) is 36.8 Å². The van der Waals surface area contributed by atoms with Gasteiger partial charge >= 0.3 is 5.97 Å². The van der Waals surface area contributed by atoms with Gasteiger partial charge in [-0.1, -0.05) is 41.9 Å². The first-order valence-electron chi connectivity index (χ1n) is 6.55. The first-order chi connectivity index (χ1) is 10.5.